The first kappa shape index (κ1) is 23.2. The lowest BCUT2D eigenvalue weighted by molar-refractivity contribution is -0.117. The molecule has 0 unspecified atom stereocenters. The van der Waals surface area contributed by atoms with Crippen molar-refractivity contribution in [3.63, 3.8) is 0 Å². The second-order valence-corrected chi connectivity index (χ2v) is 7.75. The Morgan fingerprint density at radius 2 is 1.76 bits per heavy atom. The van der Waals surface area contributed by atoms with Gasteiger partial charge in [-0.05, 0) is 39.0 Å². The zero-order chi connectivity index (χ0) is 21.6. The summed E-state index contributed by atoms with van der Waals surface area (Å²) in [6.45, 7) is 5.83. The normalized spacial score (nSPS) is 18.6. The highest BCUT2D eigenvalue weighted by Crippen LogP contribution is 2.27. The van der Waals surface area contributed by atoms with E-state index in [2.05, 4.69) is 29.1 Å². The molecule has 156 valence electrons. The van der Waals surface area contributed by atoms with E-state index in [1.165, 1.54) is 13.3 Å². The van der Waals surface area contributed by atoms with Gasteiger partial charge in [0.25, 0.3) is 5.91 Å². The fraction of sp³-hybridized carbons (Fsp3) is 0.400. The highest BCUT2D eigenvalue weighted by Gasteiger charge is 2.26. The van der Waals surface area contributed by atoms with Crippen LogP contribution in [-0.2, 0) is 4.79 Å². The second kappa shape index (κ2) is 10.6. The molecule has 1 saturated heterocycles. The molecule has 0 spiro atoms. The number of hydrogen-bond donors (Lipinski definition) is 1. The maximum absolute atomic E-state index is 12.8. The van der Waals surface area contributed by atoms with Gasteiger partial charge in [-0.2, -0.15) is 0 Å². The van der Waals surface area contributed by atoms with Crippen molar-refractivity contribution in [1.29, 1.82) is 0 Å². The number of carbonyl (C=O) groups excluding carboxylic acids is 2. The molecule has 1 aromatic carbocycles. The molecule has 0 radical (unpaired) electrons. The third kappa shape index (κ3) is 6.73. The standard InChI is InChI=1S/C17H18Cl2N4O.C3H5FO/c1-10-7-23(8-11(2)22-10)17(24)16-6-15(20-9-21-16)12-3-4-13(18)14(19)5-12;1-3(5)2-4/h3-6,9-11,22H,7-8H2,1-2H3;2H2,1H3/t10-,11+;. The average Bonchev–Trinajstić information content (AvgIpc) is 2.69. The van der Waals surface area contributed by atoms with Crippen molar-refractivity contribution >= 4 is 34.9 Å². The molecule has 2 atom stereocenters. The first-order valence-electron chi connectivity index (χ1n) is 9.09. The number of benzene rings is 1. The minimum atomic E-state index is -0.833. The number of rotatable bonds is 3. The number of ketones is 1. The number of hydrogen-bond acceptors (Lipinski definition) is 5. The third-order valence-electron chi connectivity index (χ3n) is 4.13. The van der Waals surface area contributed by atoms with Gasteiger partial charge in [-0.1, -0.05) is 29.3 Å². The molecule has 9 heteroatoms. The van der Waals surface area contributed by atoms with E-state index >= 15 is 0 Å². The number of halogens is 3. The number of alkyl halides is 1. The Balaban J connectivity index is 0.000000537. The number of amides is 1. The van der Waals surface area contributed by atoms with Crippen LogP contribution in [0, 0.1) is 0 Å². The molecule has 0 bridgehead atoms. The lowest BCUT2D eigenvalue weighted by Gasteiger charge is -2.35. The second-order valence-electron chi connectivity index (χ2n) is 6.93. The van der Waals surface area contributed by atoms with Crippen molar-refractivity contribution in [1.82, 2.24) is 20.2 Å². The molecular weight excluding hydrogens is 418 g/mol. The molecule has 1 aromatic heterocycles. The molecule has 29 heavy (non-hydrogen) atoms. The van der Waals surface area contributed by atoms with Gasteiger partial charge in [-0.25, -0.2) is 14.4 Å². The Labute approximate surface area is 179 Å². The van der Waals surface area contributed by atoms with E-state index < -0.39 is 12.5 Å². The number of carbonyl (C=O) groups is 2. The molecule has 3 rings (SSSR count). The van der Waals surface area contributed by atoms with Crippen molar-refractivity contribution in [2.75, 3.05) is 19.8 Å². The molecule has 6 nitrogen and oxygen atoms in total. The lowest BCUT2D eigenvalue weighted by atomic mass is 10.1. The molecule has 0 aliphatic carbocycles. The predicted molar refractivity (Wildman–Crippen MR) is 112 cm³/mol. The summed E-state index contributed by atoms with van der Waals surface area (Å²) in [5.74, 6) is -0.496. The van der Waals surface area contributed by atoms with E-state index in [4.69, 9.17) is 23.2 Å². The van der Waals surface area contributed by atoms with Gasteiger partial charge in [-0.3, -0.25) is 9.59 Å². The number of nitrogens with zero attached hydrogens (tertiary/aromatic N) is 3. The van der Waals surface area contributed by atoms with Crippen molar-refractivity contribution < 1.29 is 14.0 Å². The van der Waals surface area contributed by atoms with Gasteiger partial charge in [0.05, 0.1) is 15.7 Å². The maximum Gasteiger partial charge on any atom is 0.272 e. The van der Waals surface area contributed by atoms with Gasteiger partial charge in [0.15, 0.2) is 5.78 Å². The largest absolute Gasteiger partial charge is 0.334 e. The highest BCUT2D eigenvalue weighted by molar-refractivity contribution is 6.42. The Bertz CT molecular complexity index is 871. The fourth-order valence-corrected chi connectivity index (χ4v) is 3.24. The van der Waals surface area contributed by atoms with E-state index in [-0.39, 0.29) is 18.0 Å². The van der Waals surface area contributed by atoms with Crippen LogP contribution < -0.4 is 5.32 Å². The number of Topliss-reactive ketones (excluding diaryl/α,β-unsaturated/α-hetero) is 1. The molecule has 1 aliphatic rings. The summed E-state index contributed by atoms with van der Waals surface area (Å²) in [5, 5.41) is 4.34. The first-order chi connectivity index (χ1) is 13.7. The van der Waals surface area contributed by atoms with Gasteiger partial charge in [0, 0.05) is 30.7 Å². The van der Waals surface area contributed by atoms with Gasteiger partial charge < -0.3 is 10.2 Å². The summed E-state index contributed by atoms with van der Waals surface area (Å²) in [4.78, 5) is 32.4. The summed E-state index contributed by atoms with van der Waals surface area (Å²) in [6, 6.07) is 7.47. The quantitative estimate of drug-likeness (QED) is 0.784. The van der Waals surface area contributed by atoms with E-state index in [0.29, 0.717) is 34.5 Å². The Kier molecular flexibility index (Phi) is 8.49. The minimum Gasteiger partial charge on any atom is -0.334 e. The van der Waals surface area contributed by atoms with E-state index in [9.17, 15) is 14.0 Å². The molecule has 1 aliphatic heterocycles. The topological polar surface area (TPSA) is 75.2 Å². The van der Waals surface area contributed by atoms with Crippen LogP contribution in [0.15, 0.2) is 30.6 Å². The van der Waals surface area contributed by atoms with Crippen LogP contribution in [-0.4, -0.2) is 58.4 Å². The zero-order valence-electron chi connectivity index (χ0n) is 16.5. The highest BCUT2D eigenvalue weighted by atomic mass is 35.5. The SMILES string of the molecule is CC(=O)CF.C[C@@H]1CN(C(=O)c2cc(-c3ccc(Cl)c(Cl)c3)ncn2)C[C@H](C)N1. The van der Waals surface area contributed by atoms with Crippen molar-refractivity contribution in [2.24, 2.45) is 0 Å². The summed E-state index contributed by atoms with van der Waals surface area (Å²) in [7, 11) is 0. The Morgan fingerprint density at radius 1 is 1.14 bits per heavy atom. The van der Waals surface area contributed by atoms with Crippen LogP contribution >= 0.6 is 23.2 Å². The van der Waals surface area contributed by atoms with E-state index in [1.807, 2.05) is 11.0 Å². The number of aromatic nitrogens is 2. The van der Waals surface area contributed by atoms with Crippen LogP contribution in [0.3, 0.4) is 0 Å². The molecular formula is C20H23Cl2FN4O2. The molecule has 0 saturated carbocycles. The van der Waals surface area contributed by atoms with Gasteiger partial charge in [-0.15, -0.1) is 0 Å². The van der Waals surface area contributed by atoms with Crippen LogP contribution in [0.1, 0.15) is 31.3 Å². The van der Waals surface area contributed by atoms with E-state index in [0.717, 1.165) is 5.56 Å². The van der Waals surface area contributed by atoms with E-state index in [1.54, 1.807) is 18.2 Å². The lowest BCUT2D eigenvalue weighted by Crippen LogP contribution is -2.55. The van der Waals surface area contributed by atoms with Gasteiger partial charge >= 0.3 is 0 Å². The van der Waals surface area contributed by atoms with Gasteiger partial charge in [0.2, 0.25) is 0 Å². The van der Waals surface area contributed by atoms with Gasteiger partial charge in [0.1, 0.15) is 18.7 Å². The van der Waals surface area contributed by atoms with Crippen LogP contribution in [0.25, 0.3) is 11.3 Å². The predicted octanol–water partition coefficient (Wildman–Crippen LogP) is 3.82. The van der Waals surface area contributed by atoms with Crippen LogP contribution in [0.5, 0.6) is 0 Å². The molecule has 1 fully saturated rings. The number of nitrogens with one attached hydrogen (secondary N) is 1. The maximum atomic E-state index is 12.8. The first-order valence-corrected chi connectivity index (χ1v) is 9.85. The van der Waals surface area contributed by atoms with Crippen molar-refractivity contribution in [3.8, 4) is 11.3 Å². The van der Waals surface area contributed by atoms with Crippen molar-refractivity contribution in [2.45, 2.75) is 32.9 Å². The molecule has 1 N–H and O–H groups in total. The zero-order valence-corrected chi connectivity index (χ0v) is 18.0. The van der Waals surface area contributed by atoms with Crippen LogP contribution in [0.2, 0.25) is 10.0 Å². The average molecular weight is 441 g/mol. The smallest absolute Gasteiger partial charge is 0.272 e. The molecule has 1 amide bonds. The fourth-order valence-electron chi connectivity index (χ4n) is 2.94. The Hall–Kier alpha value is -2.09. The van der Waals surface area contributed by atoms with Crippen LogP contribution in [0.4, 0.5) is 4.39 Å². The minimum absolute atomic E-state index is 0.0843. The summed E-state index contributed by atoms with van der Waals surface area (Å²) in [6.07, 6.45) is 1.40. The molecule has 2 aromatic rings. The monoisotopic (exact) mass is 440 g/mol. The summed E-state index contributed by atoms with van der Waals surface area (Å²) < 4.78 is 10.8. The third-order valence-corrected chi connectivity index (χ3v) is 4.87. The molecule has 2 heterocycles. The van der Waals surface area contributed by atoms with Crippen molar-refractivity contribution in [3.05, 3.63) is 46.3 Å². The Morgan fingerprint density at radius 3 is 2.31 bits per heavy atom. The summed E-state index contributed by atoms with van der Waals surface area (Å²) >= 11 is 12.0. The number of piperazine rings is 1. The summed E-state index contributed by atoms with van der Waals surface area (Å²) in [5.41, 5.74) is 1.82.